The first-order chi connectivity index (χ1) is 14.3. The van der Waals surface area contributed by atoms with Crippen LogP contribution in [-0.2, 0) is 20.7 Å². The molecular formula is C23H35N3O5. The summed E-state index contributed by atoms with van der Waals surface area (Å²) in [7, 11) is 0. The lowest BCUT2D eigenvalue weighted by Crippen LogP contribution is -2.70. The number of aryl methyl sites for hydroxylation is 1. The molecule has 8 heteroatoms. The summed E-state index contributed by atoms with van der Waals surface area (Å²) in [5, 5.41) is 2.26. The van der Waals surface area contributed by atoms with Crippen molar-refractivity contribution in [2.75, 3.05) is 6.54 Å². The minimum absolute atomic E-state index is 0.217. The van der Waals surface area contributed by atoms with E-state index in [1.165, 1.54) is 5.01 Å². The third kappa shape index (κ3) is 6.35. The number of ether oxygens (including phenoxy) is 2. The van der Waals surface area contributed by atoms with E-state index < -0.39 is 34.8 Å². The van der Waals surface area contributed by atoms with Gasteiger partial charge in [0.1, 0.15) is 16.7 Å². The number of amides is 3. The zero-order valence-electron chi connectivity index (χ0n) is 19.4. The number of hydrogen-bond donors (Lipinski definition) is 1. The quantitative estimate of drug-likeness (QED) is 0.772. The number of nitrogens with zero attached hydrogens (tertiary/aromatic N) is 2. The maximum Gasteiger partial charge on any atom is 0.430 e. The average Bonchev–Trinajstić information content (AvgIpc) is 2.63. The first kappa shape index (κ1) is 24.5. The molecule has 1 heterocycles. The van der Waals surface area contributed by atoms with Crippen molar-refractivity contribution in [2.45, 2.75) is 84.0 Å². The van der Waals surface area contributed by atoms with Gasteiger partial charge in [-0.15, -0.1) is 0 Å². The molecule has 2 rings (SSSR count). The molecule has 172 valence electrons. The van der Waals surface area contributed by atoms with Crippen LogP contribution in [0.25, 0.3) is 0 Å². The molecule has 0 spiro atoms. The van der Waals surface area contributed by atoms with Crippen LogP contribution in [0.5, 0.6) is 0 Å². The van der Waals surface area contributed by atoms with Gasteiger partial charge >= 0.3 is 12.2 Å². The van der Waals surface area contributed by atoms with E-state index >= 15 is 0 Å². The summed E-state index contributed by atoms with van der Waals surface area (Å²) in [6, 6.07) is 9.62. The van der Waals surface area contributed by atoms with Crippen molar-refractivity contribution in [1.82, 2.24) is 10.0 Å². The van der Waals surface area contributed by atoms with Gasteiger partial charge in [0.05, 0.1) is 0 Å². The minimum Gasteiger partial charge on any atom is -0.442 e. The second-order valence-electron chi connectivity index (χ2n) is 9.88. The maximum absolute atomic E-state index is 13.3. The molecule has 1 fully saturated rings. The molecule has 0 unspecified atom stereocenters. The van der Waals surface area contributed by atoms with Crippen molar-refractivity contribution in [3.63, 3.8) is 0 Å². The van der Waals surface area contributed by atoms with Crippen LogP contribution in [0.4, 0.5) is 9.59 Å². The number of carbonyl (C=O) groups excluding carboxylic acids is 3. The molecule has 1 aromatic carbocycles. The Hall–Kier alpha value is -2.77. The monoisotopic (exact) mass is 433 g/mol. The molecule has 0 aliphatic carbocycles. The van der Waals surface area contributed by atoms with Gasteiger partial charge in [0.15, 0.2) is 0 Å². The number of primary amides is 1. The molecule has 0 radical (unpaired) electrons. The van der Waals surface area contributed by atoms with E-state index in [4.69, 9.17) is 15.2 Å². The Labute approximate surface area is 184 Å². The van der Waals surface area contributed by atoms with Gasteiger partial charge in [-0.1, -0.05) is 30.3 Å². The average molecular weight is 434 g/mol. The SMILES string of the molecule is CC(C)(C)OC(=O)N1CCC[C@@](CCc2ccccc2)(C(N)=O)N1C(=O)OC(C)(C)C. The van der Waals surface area contributed by atoms with Crippen molar-refractivity contribution in [1.29, 1.82) is 0 Å². The largest absolute Gasteiger partial charge is 0.442 e. The highest BCUT2D eigenvalue weighted by Crippen LogP contribution is 2.35. The molecule has 0 saturated carbocycles. The Balaban J connectivity index is 2.46. The number of carbonyl (C=O) groups is 3. The van der Waals surface area contributed by atoms with Crippen molar-refractivity contribution < 1.29 is 23.9 Å². The van der Waals surface area contributed by atoms with E-state index in [-0.39, 0.29) is 13.0 Å². The summed E-state index contributed by atoms with van der Waals surface area (Å²) in [6.45, 7) is 10.6. The highest BCUT2D eigenvalue weighted by molar-refractivity contribution is 5.90. The van der Waals surface area contributed by atoms with E-state index in [2.05, 4.69) is 0 Å². The van der Waals surface area contributed by atoms with Crippen LogP contribution in [0, 0.1) is 0 Å². The summed E-state index contributed by atoms with van der Waals surface area (Å²) >= 11 is 0. The summed E-state index contributed by atoms with van der Waals surface area (Å²) in [5.74, 6) is -0.678. The van der Waals surface area contributed by atoms with Crippen molar-refractivity contribution >= 4 is 18.1 Å². The highest BCUT2D eigenvalue weighted by Gasteiger charge is 2.53. The Morgan fingerprint density at radius 1 is 0.968 bits per heavy atom. The lowest BCUT2D eigenvalue weighted by molar-refractivity contribution is -0.157. The summed E-state index contributed by atoms with van der Waals surface area (Å²) in [6.07, 6.45) is 0.0634. The molecule has 1 saturated heterocycles. The predicted molar refractivity (Wildman–Crippen MR) is 117 cm³/mol. The van der Waals surface area contributed by atoms with Gasteiger partial charge in [-0.2, -0.15) is 5.01 Å². The van der Waals surface area contributed by atoms with E-state index in [0.29, 0.717) is 19.3 Å². The van der Waals surface area contributed by atoms with Gasteiger partial charge in [-0.05, 0) is 72.8 Å². The van der Waals surface area contributed by atoms with Crippen LogP contribution in [0.1, 0.15) is 66.4 Å². The van der Waals surface area contributed by atoms with E-state index in [1.54, 1.807) is 41.5 Å². The van der Waals surface area contributed by atoms with Gasteiger partial charge in [0.2, 0.25) is 5.91 Å². The Morgan fingerprint density at radius 3 is 2.03 bits per heavy atom. The van der Waals surface area contributed by atoms with Gasteiger partial charge < -0.3 is 15.2 Å². The normalized spacial score (nSPS) is 19.7. The Bertz CT molecular complexity index is 798. The van der Waals surface area contributed by atoms with Crippen LogP contribution in [0.2, 0.25) is 0 Å². The van der Waals surface area contributed by atoms with Crippen molar-refractivity contribution in [2.24, 2.45) is 5.73 Å². The molecule has 1 aromatic rings. The van der Waals surface area contributed by atoms with Crippen LogP contribution in [-0.4, -0.2) is 51.4 Å². The standard InChI is InChI=1S/C23H35N3O5/c1-21(2,3)30-19(28)25-16-10-14-23(18(24)27,15-13-17-11-8-7-9-12-17)26(25)20(29)31-22(4,5)6/h7-9,11-12H,10,13-16H2,1-6H3,(H2,24,27)/t23-/m1/s1. The Morgan fingerprint density at radius 2 is 1.52 bits per heavy atom. The van der Waals surface area contributed by atoms with Gasteiger partial charge in [0.25, 0.3) is 0 Å². The predicted octanol–water partition coefficient (Wildman–Crippen LogP) is 4.03. The third-order valence-electron chi connectivity index (χ3n) is 4.91. The molecule has 1 atom stereocenters. The molecule has 2 N–H and O–H groups in total. The van der Waals surface area contributed by atoms with Gasteiger partial charge in [0, 0.05) is 6.54 Å². The molecule has 1 aliphatic rings. The first-order valence-electron chi connectivity index (χ1n) is 10.6. The first-order valence-corrected chi connectivity index (χ1v) is 10.6. The summed E-state index contributed by atoms with van der Waals surface area (Å²) in [4.78, 5) is 39.1. The van der Waals surface area contributed by atoms with E-state index in [0.717, 1.165) is 10.6 Å². The number of rotatable bonds is 4. The lowest BCUT2D eigenvalue weighted by atomic mass is 9.83. The van der Waals surface area contributed by atoms with Crippen LogP contribution < -0.4 is 5.73 Å². The lowest BCUT2D eigenvalue weighted by Gasteiger charge is -2.50. The number of hydrogen-bond acceptors (Lipinski definition) is 5. The smallest absolute Gasteiger partial charge is 0.430 e. The summed E-state index contributed by atoms with van der Waals surface area (Å²) < 4.78 is 11.1. The minimum atomic E-state index is -1.41. The zero-order chi connectivity index (χ0) is 23.4. The summed E-state index contributed by atoms with van der Waals surface area (Å²) in [5.41, 5.74) is 3.88. The van der Waals surface area contributed by atoms with Crippen molar-refractivity contribution in [3.8, 4) is 0 Å². The number of hydrazine groups is 1. The fourth-order valence-corrected chi connectivity index (χ4v) is 3.60. The van der Waals surface area contributed by atoms with Gasteiger partial charge in [-0.3, -0.25) is 4.79 Å². The second-order valence-corrected chi connectivity index (χ2v) is 9.88. The van der Waals surface area contributed by atoms with Gasteiger partial charge in [-0.25, -0.2) is 14.6 Å². The molecule has 1 aliphatic heterocycles. The fourth-order valence-electron chi connectivity index (χ4n) is 3.60. The molecule has 0 aromatic heterocycles. The number of benzene rings is 1. The molecule has 0 bridgehead atoms. The van der Waals surface area contributed by atoms with E-state index in [9.17, 15) is 14.4 Å². The van der Waals surface area contributed by atoms with Crippen LogP contribution in [0.15, 0.2) is 30.3 Å². The number of nitrogens with two attached hydrogens (primary N) is 1. The molecule has 3 amide bonds. The third-order valence-corrected chi connectivity index (χ3v) is 4.91. The second kappa shape index (κ2) is 9.16. The van der Waals surface area contributed by atoms with Crippen LogP contribution in [0.3, 0.4) is 0 Å². The molecule has 31 heavy (non-hydrogen) atoms. The van der Waals surface area contributed by atoms with E-state index in [1.807, 2.05) is 30.3 Å². The maximum atomic E-state index is 13.3. The molecular weight excluding hydrogens is 398 g/mol. The fraction of sp³-hybridized carbons (Fsp3) is 0.609. The van der Waals surface area contributed by atoms with Crippen molar-refractivity contribution in [3.05, 3.63) is 35.9 Å². The molecule has 8 nitrogen and oxygen atoms in total. The van der Waals surface area contributed by atoms with Crippen LogP contribution >= 0.6 is 0 Å². The zero-order valence-corrected chi connectivity index (χ0v) is 19.4. The Kier molecular flexibility index (Phi) is 7.24. The highest BCUT2D eigenvalue weighted by atomic mass is 16.6. The topological polar surface area (TPSA) is 102 Å².